The molecule has 3 heteroatoms. The highest BCUT2D eigenvalue weighted by molar-refractivity contribution is 6.00. The number of carbonyl (C=O) groups excluding carboxylic acids is 2. The Labute approximate surface area is 72.1 Å². The Morgan fingerprint density at radius 2 is 2.33 bits per heavy atom. The molecule has 1 heterocycles. The highest BCUT2D eigenvalue weighted by atomic mass is 16.5. The van der Waals surface area contributed by atoms with Gasteiger partial charge in [-0.2, -0.15) is 0 Å². The molecule has 1 aliphatic heterocycles. The first-order chi connectivity index (χ1) is 5.65. The lowest BCUT2D eigenvalue weighted by molar-refractivity contribution is -0.146. The van der Waals surface area contributed by atoms with E-state index in [-0.39, 0.29) is 17.9 Å². The molecule has 0 radical (unpaired) electrons. The van der Waals surface area contributed by atoms with Crippen LogP contribution < -0.4 is 0 Å². The van der Waals surface area contributed by atoms with E-state index in [0.29, 0.717) is 12.8 Å². The Morgan fingerprint density at radius 1 is 1.67 bits per heavy atom. The highest BCUT2D eigenvalue weighted by Crippen LogP contribution is 2.22. The van der Waals surface area contributed by atoms with Crippen LogP contribution >= 0.6 is 0 Å². The molecule has 1 saturated heterocycles. The first-order valence-electron chi connectivity index (χ1n) is 4.38. The average molecular weight is 170 g/mol. The number of hydrogen-bond acceptors (Lipinski definition) is 3. The monoisotopic (exact) mass is 170 g/mol. The Kier molecular flexibility index (Phi) is 2.84. The van der Waals surface area contributed by atoms with Gasteiger partial charge in [0, 0.05) is 12.8 Å². The molecule has 0 N–H and O–H groups in total. The van der Waals surface area contributed by atoms with E-state index in [1.165, 1.54) is 0 Å². The Morgan fingerprint density at radius 3 is 2.75 bits per heavy atom. The zero-order chi connectivity index (χ0) is 9.14. The van der Waals surface area contributed by atoms with Crippen molar-refractivity contribution in [2.75, 3.05) is 0 Å². The van der Waals surface area contributed by atoms with Gasteiger partial charge in [-0.1, -0.05) is 6.92 Å². The zero-order valence-electron chi connectivity index (χ0n) is 7.50. The van der Waals surface area contributed by atoms with E-state index in [2.05, 4.69) is 0 Å². The van der Waals surface area contributed by atoms with E-state index < -0.39 is 5.92 Å². The van der Waals surface area contributed by atoms with Crippen LogP contribution in [0.4, 0.5) is 0 Å². The minimum absolute atomic E-state index is 0.0341. The summed E-state index contributed by atoms with van der Waals surface area (Å²) >= 11 is 0. The van der Waals surface area contributed by atoms with Gasteiger partial charge in [0.05, 0.1) is 0 Å². The number of cyclic esters (lactones) is 1. The minimum Gasteiger partial charge on any atom is -0.462 e. The number of ether oxygens (including phenoxy) is 1. The molecule has 0 saturated carbocycles. The molecule has 68 valence electrons. The van der Waals surface area contributed by atoms with Crippen molar-refractivity contribution in [2.45, 2.75) is 39.2 Å². The summed E-state index contributed by atoms with van der Waals surface area (Å²) < 4.78 is 4.88. The van der Waals surface area contributed by atoms with Crippen LogP contribution in [0.25, 0.3) is 0 Å². The summed E-state index contributed by atoms with van der Waals surface area (Å²) in [5, 5.41) is 0. The number of esters is 1. The van der Waals surface area contributed by atoms with E-state index in [4.69, 9.17) is 4.74 Å². The first-order valence-corrected chi connectivity index (χ1v) is 4.38. The van der Waals surface area contributed by atoms with Crippen LogP contribution in [0.2, 0.25) is 0 Å². The summed E-state index contributed by atoms with van der Waals surface area (Å²) in [6.45, 7) is 3.75. The second-order valence-corrected chi connectivity index (χ2v) is 3.25. The molecule has 0 aliphatic carbocycles. The number of hydrogen-bond donors (Lipinski definition) is 0. The van der Waals surface area contributed by atoms with Gasteiger partial charge >= 0.3 is 5.97 Å². The number of rotatable bonds is 3. The number of carbonyl (C=O) groups is 2. The molecule has 1 fully saturated rings. The van der Waals surface area contributed by atoms with Crippen LogP contribution in [0.3, 0.4) is 0 Å². The van der Waals surface area contributed by atoms with Gasteiger partial charge in [0.1, 0.15) is 17.8 Å². The van der Waals surface area contributed by atoms with Gasteiger partial charge in [-0.25, -0.2) is 0 Å². The standard InChI is InChI=1S/C9H14O3/c1-3-4-8(10)7-5-6(2)12-9(7)11/h6-7H,3-5H2,1-2H3/t6-,7-/m1/s1. The topological polar surface area (TPSA) is 43.4 Å². The van der Waals surface area contributed by atoms with Crippen molar-refractivity contribution >= 4 is 11.8 Å². The molecule has 0 aromatic rings. The molecule has 0 spiro atoms. The lowest BCUT2D eigenvalue weighted by Crippen LogP contribution is -2.18. The van der Waals surface area contributed by atoms with Crippen LogP contribution in [0.15, 0.2) is 0 Å². The molecular formula is C9H14O3. The summed E-state index contributed by atoms with van der Waals surface area (Å²) in [7, 11) is 0. The van der Waals surface area contributed by atoms with Gasteiger partial charge in [0.2, 0.25) is 0 Å². The van der Waals surface area contributed by atoms with Crippen LogP contribution in [0, 0.1) is 5.92 Å². The Balaban J connectivity index is 2.52. The molecule has 0 aromatic carbocycles. The van der Waals surface area contributed by atoms with Crippen LogP contribution in [-0.2, 0) is 14.3 Å². The van der Waals surface area contributed by atoms with Crippen molar-refractivity contribution in [1.29, 1.82) is 0 Å². The van der Waals surface area contributed by atoms with Crippen molar-refractivity contribution in [3.05, 3.63) is 0 Å². The molecule has 1 rings (SSSR count). The van der Waals surface area contributed by atoms with E-state index in [1.807, 2.05) is 13.8 Å². The SMILES string of the molecule is CCCC(=O)[C@H]1C[C@@H](C)OC1=O. The molecule has 1 aliphatic rings. The molecule has 12 heavy (non-hydrogen) atoms. The van der Waals surface area contributed by atoms with Crippen LogP contribution in [-0.4, -0.2) is 17.9 Å². The van der Waals surface area contributed by atoms with Gasteiger partial charge in [0.15, 0.2) is 0 Å². The molecule has 0 bridgehead atoms. The van der Waals surface area contributed by atoms with Gasteiger partial charge in [-0.05, 0) is 13.3 Å². The van der Waals surface area contributed by atoms with Gasteiger partial charge in [-0.15, -0.1) is 0 Å². The maximum Gasteiger partial charge on any atom is 0.316 e. The van der Waals surface area contributed by atoms with Crippen molar-refractivity contribution in [1.82, 2.24) is 0 Å². The highest BCUT2D eigenvalue weighted by Gasteiger charge is 2.36. The maximum atomic E-state index is 11.3. The lowest BCUT2D eigenvalue weighted by Gasteiger charge is -2.01. The van der Waals surface area contributed by atoms with Gasteiger partial charge < -0.3 is 4.74 Å². The predicted molar refractivity (Wildman–Crippen MR) is 43.6 cm³/mol. The lowest BCUT2D eigenvalue weighted by atomic mass is 9.97. The molecule has 3 nitrogen and oxygen atoms in total. The summed E-state index contributed by atoms with van der Waals surface area (Å²) in [5.74, 6) is -0.771. The fraction of sp³-hybridized carbons (Fsp3) is 0.778. The van der Waals surface area contributed by atoms with E-state index in [1.54, 1.807) is 0 Å². The molecule has 0 amide bonds. The molecule has 0 unspecified atom stereocenters. The van der Waals surface area contributed by atoms with Crippen LogP contribution in [0.5, 0.6) is 0 Å². The predicted octanol–water partition coefficient (Wildman–Crippen LogP) is 1.31. The molecule has 0 aromatic heterocycles. The third-order valence-corrected chi connectivity index (χ3v) is 2.05. The van der Waals surface area contributed by atoms with Gasteiger partial charge in [-0.3, -0.25) is 9.59 Å². The number of ketones is 1. The van der Waals surface area contributed by atoms with Crippen molar-refractivity contribution in [2.24, 2.45) is 5.92 Å². The van der Waals surface area contributed by atoms with E-state index >= 15 is 0 Å². The van der Waals surface area contributed by atoms with Crippen molar-refractivity contribution < 1.29 is 14.3 Å². The third-order valence-electron chi connectivity index (χ3n) is 2.05. The third kappa shape index (κ3) is 1.84. The Hall–Kier alpha value is -0.860. The summed E-state index contributed by atoms with van der Waals surface area (Å²) in [6, 6.07) is 0. The zero-order valence-corrected chi connectivity index (χ0v) is 7.50. The normalized spacial score (nSPS) is 28.7. The smallest absolute Gasteiger partial charge is 0.316 e. The van der Waals surface area contributed by atoms with E-state index in [0.717, 1.165) is 6.42 Å². The molecule has 2 atom stereocenters. The van der Waals surface area contributed by atoms with Crippen molar-refractivity contribution in [3.63, 3.8) is 0 Å². The Bertz CT molecular complexity index is 198. The largest absolute Gasteiger partial charge is 0.462 e. The second-order valence-electron chi connectivity index (χ2n) is 3.25. The van der Waals surface area contributed by atoms with Gasteiger partial charge in [0.25, 0.3) is 0 Å². The summed E-state index contributed by atoms with van der Waals surface area (Å²) in [4.78, 5) is 22.4. The second kappa shape index (κ2) is 3.70. The molecular weight excluding hydrogens is 156 g/mol. The first kappa shape index (κ1) is 9.23. The maximum absolute atomic E-state index is 11.3. The summed E-state index contributed by atoms with van der Waals surface area (Å²) in [6.07, 6.45) is 1.78. The van der Waals surface area contributed by atoms with E-state index in [9.17, 15) is 9.59 Å². The number of Topliss-reactive ketones (excluding diaryl/α,β-unsaturated/α-hetero) is 1. The minimum atomic E-state index is -0.472. The van der Waals surface area contributed by atoms with Crippen LogP contribution in [0.1, 0.15) is 33.1 Å². The summed E-state index contributed by atoms with van der Waals surface area (Å²) in [5.41, 5.74) is 0. The average Bonchev–Trinajstić information content (AvgIpc) is 2.30. The van der Waals surface area contributed by atoms with Crippen molar-refractivity contribution in [3.8, 4) is 0 Å². The fourth-order valence-electron chi connectivity index (χ4n) is 1.44. The fourth-order valence-corrected chi connectivity index (χ4v) is 1.44. The quantitative estimate of drug-likeness (QED) is 0.473.